The van der Waals surface area contributed by atoms with E-state index in [1.165, 1.54) is 12.1 Å². The van der Waals surface area contributed by atoms with Gasteiger partial charge in [0.1, 0.15) is 5.82 Å². The Morgan fingerprint density at radius 1 is 1.18 bits per heavy atom. The summed E-state index contributed by atoms with van der Waals surface area (Å²) < 4.78 is 30.7. The number of halogens is 2. The number of primary amides is 1. The van der Waals surface area contributed by atoms with Gasteiger partial charge in [0.15, 0.2) is 0 Å². The minimum absolute atomic E-state index is 0. The Kier molecular flexibility index (Phi) is 8.94. The Morgan fingerprint density at radius 2 is 1.71 bits per heavy atom. The molecule has 1 aromatic carbocycles. The van der Waals surface area contributed by atoms with E-state index in [1.54, 1.807) is 19.2 Å². The van der Waals surface area contributed by atoms with Crippen molar-refractivity contribution in [1.82, 2.24) is 0 Å². The smallest absolute Gasteiger partial charge is 0.403 e. The summed E-state index contributed by atoms with van der Waals surface area (Å²) in [6.45, 7) is 8.16. The molecule has 1 aliphatic rings. The second kappa shape index (κ2) is 10.1. The van der Waals surface area contributed by atoms with Gasteiger partial charge in [0.05, 0.1) is 23.7 Å². The fraction of sp³-hybridized carbons (Fsp3) is 0.650. The number of amides is 1. The molecule has 1 fully saturated rings. The first kappa shape index (κ1) is 24.9. The number of carbonyl (C=O) groups excluding carboxylic acids is 1. The van der Waals surface area contributed by atoms with Crippen LogP contribution in [0.1, 0.15) is 46.1 Å². The predicted molar refractivity (Wildman–Crippen MR) is 111 cm³/mol. The average Bonchev–Trinajstić information content (AvgIpc) is 2.79. The second-order valence-electron chi connectivity index (χ2n) is 8.27. The lowest BCUT2D eigenvalue weighted by Crippen LogP contribution is -2.41. The molecule has 1 aliphatic heterocycles. The Balaban J connectivity index is 0.00000392. The van der Waals surface area contributed by atoms with E-state index in [1.807, 2.05) is 27.7 Å². The van der Waals surface area contributed by atoms with Crippen molar-refractivity contribution in [3.8, 4) is 0 Å². The zero-order valence-electron chi connectivity index (χ0n) is 17.4. The molecule has 1 aromatic rings. The van der Waals surface area contributed by atoms with Crippen molar-refractivity contribution >= 4 is 25.4 Å². The lowest BCUT2D eigenvalue weighted by Gasteiger charge is -2.32. The normalized spacial score (nSPS) is 19.7. The zero-order valence-corrected chi connectivity index (χ0v) is 18.2. The van der Waals surface area contributed by atoms with Crippen LogP contribution in [0.15, 0.2) is 24.3 Å². The lowest BCUT2D eigenvalue weighted by atomic mass is 9.62. The number of methoxy groups -OCH3 is 1. The Hall–Kier alpha value is -1.15. The van der Waals surface area contributed by atoms with Crippen molar-refractivity contribution in [1.29, 1.82) is 0 Å². The van der Waals surface area contributed by atoms with Crippen LogP contribution in [0.5, 0.6) is 0 Å². The van der Waals surface area contributed by atoms with E-state index >= 15 is 0 Å². The molecule has 1 amide bonds. The van der Waals surface area contributed by atoms with Crippen molar-refractivity contribution in [2.75, 3.05) is 13.7 Å². The van der Waals surface area contributed by atoms with Gasteiger partial charge in [0.2, 0.25) is 5.91 Å². The molecule has 0 aromatic heterocycles. The predicted octanol–water partition coefficient (Wildman–Crippen LogP) is 3.78. The van der Waals surface area contributed by atoms with E-state index in [9.17, 15) is 9.18 Å². The Labute approximate surface area is 174 Å². The molecule has 0 aliphatic carbocycles. The molecule has 5 nitrogen and oxygen atoms in total. The van der Waals surface area contributed by atoms with E-state index < -0.39 is 30.1 Å². The number of benzene rings is 1. The fourth-order valence-electron chi connectivity index (χ4n) is 3.38. The standard InChI is InChI=1S/C20H31BFNO4.ClH/c1-19(2)20(3,4)27-21(26-19)17(16(13-25-5)18(23)24)8-6-7-14-9-11-15(22)12-10-14;/h9-12,16-17H,6-8,13H2,1-5H3,(H2,23,24);1H/t16?,17-;/m1./s1. The van der Waals surface area contributed by atoms with Gasteiger partial charge in [-0.05, 0) is 58.2 Å². The van der Waals surface area contributed by atoms with Crippen molar-refractivity contribution in [2.45, 2.75) is 64.0 Å². The highest BCUT2D eigenvalue weighted by molar-refractivity contribution is 6.48. The first-order chi connectivity index (χ1) is 12.6. The molecular weight excluding hydrogens is 383 g/mol. The van der Waals surface area contributed by atoms with Crippen LogP contribution in [0.25, 0.3) is 0 Å². The van der Waals surface area contributed by atoms with Crippen molar-refractivity contribution in [2.24, 2.45) is 11.7 Å². The first-order valence-electron chi connectivity index (χ1n) is 9.46. The Bertz CT molecular complexity index is 626. The van der Waals surface area contributed by atoms with Crippen molar-refractivity contribution < 1.29 is 23.2 Å². The van der Waals surface area contributed by atoms with Crippen LogP contribution < -0.4 is 5.73 Å². The highest BCUT2D eigenvalue weighted by Crippen LogP contribution is 2.43. The summed E-state index contributed by atoms with van der Waals surface area (Å²) in [5.41, 5.74) is 5.73. The molecule has 0 spiro atoms. The average molecular weight is 416 g/mol. The molecule has 1 heterocycles. The highest BCUT2D eigenvalue weighted by Gasteiger charge is 2.55. The molecule has 0 bridgehead atoms. The summed E-state index contributed by atoms with van der Waals surface area (Å²) >= 11 is 0. The molecule has 0 radical (unpaired) electrons. The summed E-state index contributed by atoms with van der Waals surface area (Å²) in [5.74, 6) is -1.39. The van der Waals surface area contributed by atoms with Gasteiger partial charge in [-0.15, -0.1) is 12.4 Å². The molecular formula is C20H32BClFNO4. The second-order valence-corrected chi connectivity index (χ2v) is 8.27. The minimum atomic E-state index is -0.532. The number of nitrogens with two attached hydrogens (primary N) is 1. The monoisotopic (exact) mass is 415 g/mol. The van der Waals surface area contributed by atoms with E-state index in [-0.39, 0.29) is 30.6 Å². The highest BCUT2D eigenvalue weighted by atomic mass is 35.5. The molecule has 2 N–H and O–H groups in total. The number of hydrogen-bond acceptors (Lipinski definition) is 4. The van der Waals surface area contributed by atoms with E-state index in [0.717, 1.165) is 18.4 Å². The van der Waals surface area contributed by atoms with Crippen LogP contribution in [-0.4, -0.2) is 37.9 Å². The quantitative estimate of drug-likeness (QED) is 0.623. The van der Waals surface area contributed by atoms with Gasteiger partial charge in [-0.1, -0.05) is 18.6 Å². The molecule has 1 unspecified atom stereocenters. The van der Waals surface area contributed by atoms with Crippen molar-refractivity contribution in [3.63, 3.8) is 0 Å². The maximum Gasteiger partial charge on any atom is 0.462 e. The summed E-state index contributed by atoms with van der Waals surface area (Å²) in [5, 5.41) is 0. The van der Waals surface area contributed by atoms with Gasteiger partial charge in [-0.3, -0.25) is 4.79 Å². The minimum Gasteiger partial charge on any atom is -0.403 e. The largest absolute Gasteiger partial charge is 0.462 e. The fourth-order valence-corrected chi connectivity index (χ4v) is 3.38. The first-order valence-corrected chi connectivity index (χ1v) is 9.46. The van der Waals surface area contributed by atoms with E-state index in [2.05, 4.69) is 0 Å². The SMILES string of the molecule is COCC(C(N)=O)[C@@H](CCCc1ccc(F)cc1)B1OC(C)(C)C(C)(C)O1.Cl. The number of hydrogen-bond donors (Lipinski definition) is 1. The maximum absolute atomic E-state index is 13.1. The van der Waals surface area contributed by atoms with Gasteiger partial charge < -0.3 is 19.8 Å². The van der Waals surface area contributed by atoms with Gasteiger partial charge in [-0.2, -0.15) is 0 Å². The third-order valence-electron chi connectivity index (χ3n) is 5.77. The molecule has 0 saturated carbocycles. The van der Waals surface area contributed by atoms with E-state index in [0.29, 0.717) is 6.42 Å². The third kappa shape index (κ3) is 5.93. The summed E-state index contributed by atoms with van der Waals surface area (Å²) in [4.78, 5) is 12.1. The number of rotatable bonds is 9. The van der Waals surface area contributed by atoms with Crippen LogP contribution in [0.4, 0.5) is 4.39 Å². The van der Waals surface area contributed by atoms with Crippen molar-refractivity contribution in [3.05, 3.63) is 35.6 Å². The summed E-state index contributed by atoms with van der Waals surface area (Å²) in [7, 11) is 1.02. The van der Waals surface area contributed by atoms with Crippen LogP contribution in [0.3, 0.4) is 0 Å². The molecule has 2 atom stereocenters. The molecule has 1 saturated heterocycles. The van der Waals surface area contributed by atoms with Gasteiger partial charge in [0, 0.05) is 12.9 Å². The molecule has 2 rings (SSSR count). The molecule has 28 heavy (non-hydrogen) atoms. The number of aryl methyl sites for hydroxylation is 1. The molecule has 8 heteroatoms. The molecule has 158 valence electrons. The number of carbonyl (C=O) groups is 1. The van der Waals surface area contributed by atoms with Crippen LogP contribution in [0.2, 0.25) is 5.82 Å². The Morgan fingerprint density at radius 3 is 2.18 bits per heavy atom. The van der Waals surface area contributed by atoms with Gasteiger partial charge in [0.25, 0.3) is 0 Å². The zero-order chi connectivity index (χ0) is 20.2. The van der Waals surface area contributed by atoms with E-state index in [4.69, 9.17) is 19.8 Å². The van der Waals surface area contributed by atoms with Crippen LogP contribution >= 0.6 is 12.4 Å². The summed E-state index contributed by atoms with van der Waals surface area (Å²) in [6, 6.07) is 6.47. The van der Waals surface area contributed by atoms with Crippen LogP contribution in [0, 0.1) is 11.7 Å². The summed E-state index contributed by atoms with van der Waals surface area (Å²) in [6.07, 6.45) is 2.26. The van der Waals surface area contributed by atoms with Gasteiger partial charge in [-0.25, -0.2) is 4.39 Å². The third-order valence-corrected chi connectivity index (χ3v) is 5.77. The topological polar surface area (TPSA) is 70.8 Å². The lowest BCUT2D eigenvalue weighted by molar-refractivity contribution is -0.123. The number of ether oxygens (including phenoxy) is 1. The van der Waals surface area contributed by atoms with Gasteiger partial charge >= 0.3 is 7.12 Å². The van der Waals surface area contributed by atoms with Crippen LogP contribution in [-0.2, 0) is 25.3 Å². The maximum atomic E-state index is 13.1.